The molecule has 168 valence electrons. The average molecular weight is 479 g/mol. The van der Waals surface area contributed by atoms with E-state index in [2.05, 4.69) is 46.5 Å². The summed E-state index contributed by atoms with van der Waals surface area (Å²) < 4.78 is 48.4. The predicted molar refractivity (Wildman–Crippen MR) is 135 cm³/mol. The number of terminal acetylenes is 1. The molecule has 0 saturated carbocycles. The van der Waals surface area contributed by atoms with E-state index in [1.807, 2.05) is 12.1 Å². The van der Waals surface area contributed by atoms with Gasteiger partial charge in [-0.15, -0.1) is 12.0 Å². The van der Waals surface area contributed by atoms with Gasteiger partial charge in [0.15, 0.2) is 0 Å². The fourth-order valence-corrected chi connectivity index (χ4v) is 3.59. The van der Waals surface area contributed by atoms with Gasteiger partial charge in [-0.05, 0) is 48.5 Å². The summed E-state index contributed by atoms with van der Waals surface area (Å²) >= 11 is 0. The summed E-state index contributed by atoms with van der Waals surface area (Å²) in [4.78, 5) is 0. The fourth-order valence-electron chi connectivity index (χ4n) is 1.94. The highest BCUT2D eigenvalue weighted by molar-refractivity contribution is 7.92. The van der Waals surface area contributed by atoms with Crippen molar-refractivity contribution in [3.63, 3.8) is 0 Å². The zero-order valence-corrected chi connectivity index (χ0v) is 20.3. The van der Waals surface area contributed by atoms with Crippen molar-refractivity contribution in [3.8, 4) is 23.8 Å². The summed E-state index contributed by atoms with van der Waals surface area (Å²) in [6.45, 7) is 6.54. The maximum absolute atomic E-state index is 11.0. The van der Waals surface area contributed by atoms with Crippen molar-refractivity contribution >= 4 is 39.5 Å². The molecule has 0 radical (unpaired) electrons. The van der Waals surface area contributed by atoms with Crippen LogP contribution < -0.4 is 9.44 Å². The minimum Gasteiger partial charge on any atom is -0.284 e. The molecule has 0 spiro atoms. The van der Waals surface area contributed by atoms with Crippen LogP contribution in [0, 0.1) is 23.8 Å². The molecule has 2 rings (SSSR count). The van der Waals surface area contributed by atoms with Crippen molar-refractivity contribution in [1.29, 1.82) is 0 Å². The SMILES string of the molecule is C.C#Cc1ccc(NS(C)(=O)=O)cc1.C[Si](C)(C)C#Cc1ccc(NS(C)(=O)=O)cc1. The number of anilines is 2. The monoisotopic (exact) mass is 478 g/mol. The molecule has 6 nitrogen and oxygen atoms in total. The summed E-state index contributed by atoms with van der Waals surface area (Å²) in [5, 5.41) is 0. The molecule has 0 aromatic heterocycles. The van der Waals surface area contributed by atoms with Crippen LogP contribution in [0.2, 0.25) is 19.6 Å². The third-order valence-corrected chi connectivity index (χ3v) is 5.21. The standard InChI is InChI=1S/C12H17NO2SSi.C9H9NO2S.CH4/c1-16(14,15)13-12-7-5-11(6-8-12)9-10-17(2,3)4;1-3-8-4-6-9(7-5-8)10-13(2,11)12;/h5-8,13H,1-4H3;1,4-7,10H,2H3;1H4. The zero-order chi connectivity index (χ0) is 23.0. The molecule has 0 saturated heterocycles. The second-order valence-corrected chi connectivity index (χ2v) is 15.8. The van der Waals surface area contributed by atoms with Crippen LogP contribution in [0.5, 0.6) is 0 Å². The molecule has 0 heterocycles. The van der Waals surface area contributed by atoms with Gasteiger partial charge in [-0.3, -0.25) is 9.44 Å². The lowest BCUT2D eigenvalue weighted by molar-refractivity contribution is 0.605. The molecule has 2 aromatic carbocycles. The molecule has 0 amide bonds. The van der Waals surface area contributed by atoms with Crippen LogP contribution in [0.25, 0.3) is 0 Å². The van der Waals surface area contributed by atoms with E-state index in [0.717, 1.165) is 23.6 Å². The van der Waals surface area contributed by atoms with Crippen LogP contribution in [0.4, 0.5) is 11.4 Å². The van der Waals surface area contributed by atoms with Gasteiger partial charge < -0.3 is 0 Å². The zero-order valence-electron chi connectivity index (χ0n) is 17.6. The number of benzene rings is 2. The first-order valence-corrected chi connectivity index (χ1v) is 16.1. The summed E-state index contributed by atoms with van der Waals surface area (Å²) in [6, 6.07) is 13.7. The Hall–Kier alpha value is -2.72. The number of sulfonamides is 2. The largest absolute Gasteiger partial charge is 0.284 e. The molecule has 9 heteroatoms. The molecule has 0 aliphatic heterocycles. The van der Waals surface area contributed by atoms with Crippen molar-refractivity contribution in [1.82, 2.24) is 0 Å². The van der Waals surface area contributed by atoms with E-state index in [1.165, 1.54) is 0 Å². The Morgan fingerprint density at radius 1 is 0.742 bits per heavy atom. The molecule has 0 bridgehead atoms. The Morgan fingerprint density at radius 3 is 1.39 bits per heavy atom. The quantitative estimate of drug-likeness (QED) is 0.514. The van der Waals surface area contributed by atoms with Crippen molar-refractivity contribution < 1.29 is 16.8 Å². The highest BCUT2D eigenvalue weighted by Gasteiger charge is 2.07. The van der Waals surface area contributed by atoms with Gasteiger partial charge in [-0.25, -0.2) is 16.8 Å². The third kappa shape index (κ3) is 14.0. The second-order valence-electron chi connectivity index (χ2n) is 7.55. The topological polar surface area (TPSA) is 92.3 Å². The Bertz CT molecular complexity index is 1160. The molecule has 0 atom stereocenters. The van der Waals surface area contributed by atoms with Gasteiger partial charge in [0.1, 0.15) is 8.07 Å². The lowest BCUT2D eigenvalue weighted by Crippen LogP contribution is -2.16. The van der Waals surface area contributed by atoms with Crippen molar-refractivity contribution in [2.75, 3.05) is 22.0 Å². The predicted octanol–water partition coefficient (Wildman–Crippen LogP) is 3.96. The number of rotatable bonds is 4. The maximum Gasteiger partial charge on any atom is 0.229 e. The average Bonchev–Trinajstić information content (AvgIpc) is 2.59. The number of hydrogen-bond acceptors (Lipinski definition) is 4. The Labute approximate surface area is 188 Å². The van der Waals surface area contributed by atoms with Crippen LogP contribution in [0.1, 0.15) is 18.6 Å². The Balaban J connectivity index is 0.000000581. The Morgan fingerprint density at radius 2 is 1.10 bits per heavy atom. The maximum atomic E-state index is 11.0. The number of hydrogen-bond donors (Lipinski definition) is 2. The molecule has 2 N–H and O–H groups in total. The highest BCUT2D eigenvalue weighted by Crippen LogP contribution is 2.11. The molecule has 0 aliphatic carbocycles. The first-order valence-electron chi connectivity index (χ1n) is 8.82. The molecule has 31 heavy (non-hydrogen) atoms. The second kappa shape index (κ2) is 11.6. The van der Waals surface area contributed by atoms with Gasteiger partial charge in [0.05, 0.1) is 12.5 Å². The van der Waals surface area contributed by atoms with Gasteiger partial charge in [-0.1, -0.05) is 38.9 Å². The van der Waals surface area contributed by atoms with E-state index in [0.29, 0.717) is 11.4 Å². The fraction of sp³-hybridized carbons (Fsp3) is 0.273. The van der Waals surface area contributed by atoms with E-state index in [4.69, 9.17) is 6.42 Å². The van der Waals surface area contributed by atoms with Gasteiger partial charge in [-0.2, -0.15) is 0 Å². The van der Waals surface area contributed by atoms with E-state index in [1.54, 1.807) is 36.4 Å². The van der Waals surface area contributed by atoms with Crippen LogP contribution in [0.3, 0.4) is 0 Å². The van der Waals surface area contributed by atoms with Crippen molar-refractivity contribution in [3.05, 3.63) is 59.7 Å². The number of nitrogens with one attached hydrogen (secondary N) is 2. The highest BCUT2D eigenvalue weighted by atomic mass is 32.2. The summed E-state index contributed by atoms with van der Waals surface area (Å²) in [6.07, 6.45) is 7.37. The van der Waals surface area contributed by atoms with Gasteiger partial charge in [0, 0.05) is 22.5 Å². The minimum atomic E-state index is -3.20. The van der Waals surface area contributed by atoms with Crippen molar-refractivity contribution in [2.24, 2.45) is 0 Å². The van der Waals surface area contributed by atoms with Crippen molar-refractivity contribution in [2.45, 2.75) is 27.1 Å². The molecule has 2 aromatic rings. The summed E-state index contributed by atoms with van der Waals surface area (Å²) in [5.74, 6) is 5.55. The van der Waals surface area contributed by atoms with Gasteiger partial charge in [0.25, 0.3) is 0 Å². The van der Waals surface area contributed by atoms with Gasteiger partial charge >= 0.3 is 0 Å². The van der Waals surface area contributed by atoms with Crippen LogP contribution in [0.15, 0.2) is 48.5 Å². The Kier molecular flexibility index (Phi) is 10.6. The summed E-state index contributed by atoms with van der Waals surface area (Å²) in [5.41, 5.74) is 5.96. The smallest absolute Gasteiger partial charge is 0.229 e. The van der Waals surface area contributed by atoms with E-state index >= 15 is 0 Å². The molecular weight excluding hydrogens is 448 g/mol. The van der Waals surface area contributed by atoms with Crippen LogP contribution in [-0.4, -0.2) is 37.4 Å². The summed E-state index contributed by atoms with van der Waals surface area (Å²) in [7, 11) is -7.77. The van der Waals surface area contributed by atoms with E-state index in [-0.39, 0.29) is 7.43 Å². The molecule has 0 aliphatic rings. The first kappa shape index (κ1) is 28.3. The molecular formula is C22H30N2O4S2Si. The van der Waals surface area contributed by atoms with E-state index in [9.17, 15) is 16.8 Å². The van der Waals surface area contributed by atoms with E-state index < -0.39 is 28.1 Å². The first-order chi connectivity index (χ1) is 13.7. The van der Waals surface area contributed by atoms with Crippen LogP contribution >= 0.6 is 0 Å². The molecule has 0 fully saturated rings. The van der Waals surface area contributed by atoms with Crippen LogP contribution in [-0.2, 0) is 20.0 Å². The minimum absolute atomic E-state index is 0. The lowest BCUT2D eigenvalue weighted by atomic mass is 10.2. The third-order valence-electron chi connectivity index (χ3n) is 3.12. The lowest BCUT2D eigenvalue weighted by Gasteiger charge is -2.04. The molecule has 0 unspecified atom stereocenters. The van der Waals surface area contributed by atoms with Gasteiger partial charge in [0.2, 0.25) is 20.0 Å². The normalized spacial score (nSPS) is 10.7.